The van der Waals surface area contributed by atoms with E-state index >= 15 is 0 Å². The lowest BCUT2D eigenvalue weighted by Gasteiger charge is -2.44. The van der Waals surface area contributed by atoms with Gasteiger partial charge in [-0.2, -0.15) is 0 Å². The molecule has 6 heteroatoms. The lowest BCUT2D eigenvalue weighted by molar-refractivity contribution is -0.159. The number of hydrogen-bond donors (Lipinski definition) is 0. The number of hydrogen-bond acceptors (Lipinski definition) is 4. The number of carbonyl (C=O) groups excluding carboxylic acids is 2. The van der Waals surface area contributed by atoms with Crippen molar-refractivity contribution < 1.29 is 19.1 Å². The molecule has 1 heterocycles. The molecule has 1 saturated carbocycles. The fourth-order valence-corrected chi connectivity index (χ4v) is 4.40. The van der Waals surface area contributed by atoms with Gasteiger partial charge in [0.2, 0.25) is 5.91 Å². The van der Waals surface area contributed by atoms with Crippen LogP contribution in [0.2, 0.25) is 0 Å². The lowest BCUT2D eigenvalue weighted by atomic mass is 9.91. The Morgan fingerprint density at radius 1 is 1.07 bits per heavy atom. The molecule has 0 bridgehead atoms. The molecule has 3 rings (SSSR count). The van der Waals surface area contributed by atoms with Crippen LogP contribution in [0.3, 0.4) is 0 Å². The molecule has 1 saturated heterocycles. The van der Waals surface area contributed by atoms with Crippen LogP contribution in [0.15, 0.2) is 18.2 Å². The number of carbonyl (C=O) groups is 2. The van der Waals surface area contributed by atoms with E-state index in [1.165, 1.54) is 6.42 Å². The number of methoxy groups -OCH3 is 1. The van der Waals surface area contributed by atoms with Crippen molar-refractivity contribution in [1.29, 1.82) is 0 Å². The lowest BCUT2D eigenvalue weighted by Crippen LogP contribution is -2.58. The van der Waals surface area contributed by atoms with Gasteiger partial charge >= 0.3 is 0 Å². The molecule has 2 fully saturated rings. The molecule has 1 aliphatic heterocycles. The van der Waals surface area contributed by atoms with E-state index in [9.17, 15) is 9.59 Å². The molecular weight excluding hydrogens is 356 g/mol. The zero-order valence-electron chi connectivity index (χ0n) is 17.3. The maximum atomic E-state index is 13.5. The van der Waals surface area contributed by atoms with Crippen LogP contribution in [0.25, 0.3) is 0 Å². The van der Waals surface area contributed by atoms with Crippen molar-refractivity contribution in [3.8, 4) is 11.5 Å². The predicted octanol–water partition coefficient (Wildman–Crippen LogP) is 3.55. The molecular formula is C22H32N2O4. The first kappa shape index (κ1) is 20.5. The Bertz CT molecular complexity index is 700. The van der Waals surface area contributed by atoms with E-state index in [-0.39, 0.29) is 24.4 Å². The number of nitrogens with zero attached hydrogens (tertiary/aromatic N) is 2. The van der Waals surface area contributed by atoms with Crippen molar-refractivity contribution in [3.05, 3.63) is 23.8 Å². The van der Waals surface area contributed by atoms with Crippen LogP contribution in [0, 0.1) is 0 Å². The summed E-state index contributed by atoms with van der Waals surface area (Å²) in [6, 6.07) is 5.15. The second kappa shape index (κ2) is 9.30. The Labute approximate surface area is 167 Å². The van der Waals surface area contributed by atoms with Crippen LogP contribution in [0.1, 0.15) is 64.0 Å². The van der Waals surface area contributed by atoms with Crippen molar-refractivity contribution in [2.45, 2.75) is 64.5 Å². The van der Waals surface area contributed by atoms with E-state index in [1.807, 2.05) is 36.9 Å². The van der Waals surface area contributed by atoms with Crippen molar-refractivity contribution in [2.75, 3.05) is 26.8 Å². The molecule has 0 spiro atoms. The maximum Gasteiger partial charge on any atom is 0.250 e. The SMILES string of the molecule is CCCN1C(=O)CN(C2CCCCC2)C(=O)C1c1ccc(OCC)c(OC)c1. The van der Waals surface area contributed by atoms with Gasteiger partial charge in [-0.25, -0.2) is 0 Å². The molecule has 0 aromatic heterocycles. The van der Waals surface area contributed by atoms with Gasteiger partial charge in [0.05, 0.1) is 13.7 Å². The van der Waals surface area contributed by atoms with Crippen LogP contribution in [0.4, 0.5) is 0 Å². The molecule has 1 aromatic carbocycles. The van der Waals surface area contributed by atoms with Crippen LogP contribution in [-0.2, 0) is 9.59 Å². The molecule has 2 amide bonds. The molecule has 28 heavy (non-hydrogen) atoms. The molecule has 1 atom stereocenters. The molecule has 1 unspecified atom stereocenters. The normalized spacial score (nSPS) is 21.2. The highest BCUT2D eigenvalue weighted by molar-refractivity contribution is 5.96. The third-order valence-electron chi connectivity index (χ3n) is 5.74. The zero-order chi connectivity index (χ0) is 20.1. The van der Waals surface area contributed by atoms with Crippen molar-refractivity contribution in [3.63, 3.8) is 0 Å². The summed E-state index contributed by atoms with van der Waals surface area (Å²) in [7, 11) is 1.59. The van der Waals surface area contributed by atoms with Gasteiger partial charge in [0.1, 0.15) is 12.6 Å². The molecule has 154 valence electrons. The number of piperazine rings is 1. The minimum Gasteiger partial charge on any atom is -0.493 e. The third-order valence-corrected chi connectivity index (χ3v) is 5.74. The Morgan fingerprint density at radius 2 is 1.82 bits per heavy atom. The summed E-state index contributed by atoms with van der Waals surface area (Å²) in [6.07, 6.45) is 6.27. The van der Waals surface area contributed by atoms with E-state index in [1.54, 1.807) is 12.0 Å². The maximum absolute atomic E-state index is 13.5. The average molecular weight is 389 g/mol. The molecule has 1 aliphatic carbocycles. The number of ether oxygens (including phenoxy) is 2. The Kier molecular flexibility index (Phi) is 6.81. The molecule has 0 radical (unpaired) electrons. The quantitative estimate of drug-likeness (QED) is 0.717. The zero-order valence-corrected chi connectivity index (χ0v) is 17.3. The number of benzene rings is 1. The molecule has 6 nitrogen and oxygen atoms in total. The molecule has 2 aliphatic rings. The fourth-order valence-electron chi connectivity index (χ4n) is 4.40. The smallest absolute Gasteiger partial charge is 0.250 e. The molecule has 1 aromatic rings. The van der Waals surface area contributed by atoms with Gasteiger partial charge in [-0.1, -0.05) is 32.3 Å². The van der Waals surface area contributed by atoms with Gasteiger partial charge in [-0.15, -0.1) is 0 Å². The minimum atomic E-state index is -0.590. The first-order chi connectivity index (χ1) is 13.6. The van der Waals surface area contributed by atoms with E-state index in [0.29, 0.717) is 24.7 Å². The summed E-state index contributed by atoms with van der Waals surface area (Å²) in [5.74, 6) is 1.30. The van der Waals surface area contributed by atoms with Gasteiger partial charge in [0.15, 0.2) is 11.5 Å². The average Bonchev–Trinajstić information content (AvgIpc) is 2.72. The summed E-state index contributed by atoms with van der Waals surface area (Å²) in [5, 5.41) is 0. The highest BCUT2D eigenvalue weighted by Gasteiger charge is 2.42. The van der Waals surface area contributed by atoms with Crippen LogP contribution < -0.4 is 9.47 Å². The van der Waals surface area contributed by atoms with E-state index in [2.05, 4.69) is 0 Å². The first-order valence-corrected chi connectivity index (χ1v) is 10.5. The van der Waals surface area contributed by atoms with Crippen molar-refractivity contribution in [2.24, 2.45) is 0 Å². The number of rotatable bonds is 7. The largest absolute Gasteiger partial charge is 0.493 e. The van der Waals surface area contributed by atoms with Crippen LogP contribution >= 0.6 is 0 Å². The fraction of sp³-hybridized carbons (Fsp3) is 0.636. The van der Waals surface area contributed by atoms with Gasteiger partial charge in [0.25, 0.3) is 5.91 Å². The predicted molar refractivity (Wildman–Crippen MR) is 107 cm³/mol. The summed E-state index contributed by atoms with van der Waals surface area (Å²) in [5.41, 5.74) is 0.785. The standard InChI is InChI=1S/C22H32N2O4/c1-4-13-23-20(25)15-24(17-9-7-6-8-10-17)22(26)21(23)16-11-12-18(28-5-2)19(14-16)27-3/h11-12,14,17,21H,4-10,13,15H2,1-3H3. The van der Waals surface area contributed by atoms with Crippen molar-refractivity contribution in [1.82, 2.24) is 9.80 Å². The van der Waals surface area contributed by atoms with E-state index in [4.69, 9.17) is 9.47 Å². The summed E-state index contributed by atoms with van der Waals surface area (Å²) in [6.45, 7) is 5.26. The Balaban J connectivity index is 1.95. The Morgan fingerprint density at radius 3 is 2.46 bits per heavy atom. The summed E-state index contributed by atoms with van der Waals surface area (Å²) >= 11 is 0. The topological polar surface area (TPSA) is 59.1 Å². The van der Waals surface area contributed by atoms with Crippen molar-refractivity contribution >= 4 is 11.8 Å². The van der Waals surface area contributed by atoms with Crippen LogP contribution in [0.5, 0.6) is 11.5 Å². The highest BCUT2D eigenvalue weighted by atomic mass is 16.5. The van der Waals surface area contributed by atoms with Gasteiger partial charge < -0.3 is 19.3 Å². The van der Waals surface area contributed by atoms with E-state index in [0.717, 1.165) is 37.7 Å². The third kappa shape index (κ3) is 4.10. The number of amides is 2. The Hall–Kier alpha value is -2.24. The monoisotopic (exact) mass is 388 g/mol. The van der Waals surface area contributed by atoms with Gasteiger partial charge in [0, 0.05) is 12.6 Å². The summed E-state index contributed by atoms with van der Waals surface area (Å²) in [4.78, 5) is 30.1. The van der Waals surface area contributed by atoms with E-state index < -0.39 is 6.04 Å². The van der Waals surface area contributed by atoms with Gasteiger partial charge in [-0.05, 0) is 43.9 Å². The highest BCUT2D eigenvalue weighted by Crippen LogP contribution is 2.36. The summed E-state index contributed by atoms with van der Waals surface area (Å²) < 4.78 is 11.1. The first-order valence-electron chi connectivity index (χ1n) is 10.5. The second-order valence-electron chi connectivity index (χ2n) is 7.59. The molecule has 0 N–H and O–H groups in total. The minimum absolute atomic E-state index is 0.0323. The van der Waals surface area contributed by atoms with Crippen LogP contribution in [-0.4, -0.2) is 54.5 Å². The second-order valence-corrected chi connectivity index (χ2v) is 7.59. The van der Waals surface area contributed by atoms with Gasteiger partial charge in [-0.3, -0.25) is 9.59 Å².